The molecule has 3 nitrogen and oxygen atoms in total. The fourth-order valence-corrected chi connectivity index (χ4v) is 6.26. The Morgan fingerprint density at radius 3 is 2.64 bits per heavy atom. The van der Waals surface area contributed by atoms with Gasteiger partial charge in [-0.3, -0.25) is 4.98 Å². The average Bonchev–Trinajstić information content (AvgIpc) is 2.85. The summed E-state index contributed by atoms with van der Waals surface area (Å²) < 4.78 is 7.69. The second-order valence-electron chi connectivity index (χ2n) is 9.48. The summed E-state index contributed by atoms with van der Waals surface area (Å²) in [5.74, 6) is 1.27. The lowest BCUT2D eigenvalue weighted by Crippen LogP contribution is -3.00. The number of benzene rings is 2. The molecule has 2 bridgehead atoms. The molecule has 0 N–H and O–H groups in total. The lowest BCUT2D eigenvalue weighted by atomic mass is 9.71. The van der Waals surface area contributed by atoms with Gasteiger partial charge in [-0.2, -0.15) is 0 Å². The highest BCUT2D eigenvalue weighted by Gasteiger charge is 2.54. The van der Waals surface area contributed by atoms with Gasteiger partial charge in [0.2, 0.25) is 0 Å². The minimum Gasteiger partial charge on any atom is -1.00 e. The zero-order valence-corrected chi connectivity index (χ0v) is 20.7. The summed E-state index contributed by atoms with van der Waals surface area (Å²) in [6, 6.07) is 22.0. The monoisotopic (exact) mass is 504 g/mol. The topological polar surface area (TPSA) is 22.1 Å². The number of quaternary nitrogens is 1. The van der Waals surface area contributed by atoms with E-state index in [1.165, 1.54) is 35.9 Å². The molecule has 0 spiro atoms. The molecule has 6 rings (SSSR count). The van der Waals surface area contributed by atoms with E-state index in [4.69, 9.17) is 4.74 Å². The molecule has 0 saturated carbocycles. The van der Waals surface area contributed by atoms with Crippen LogP contribution in [0.3, 0.4) is 0 Å². The molecule has 3 aliphatic heterocycles. The lowest BCUT2D eigenvalue weighted by Gasteiger charge is -2.58. The van der Waals surface area contributed by atoms with Crippen LogP contribution in [-0.4, -0.2) is 35.2 Å². The first-order chi connectivity index (χ1) is 15.7. The van der Waals surface area contributed by atoms with Crippen molar-refractivity contribution in [2.45, 2.75) is 31.5 Å². The van der Waals surface area contributed by atoms with Gasteiger partial charge >= 0.3 is 0 Å². The molecule has 0 radical (unpaired) electrons. The SMILES string of the molecule is C=CCO[C@H](c1ccnc2ccccc12)[C@@H]1C[C@@H]2CC[N+]1(Cc1ccccc1)C[C@@H]2C=C.[Br-]. The molecule has 5 atom stereocenters. The number of para-hydroxylation sites is 1. The number of ether oxygens (including phenoxy) is 1. The van der Waals surface area contributed by atoms with Gasteiger partial charge in [0.1, 0.15) is 18.7 Å². The number of aromatic nitrogens is 1. The summed E-state index contributed by atoms with van der Waals surface area (Å²) >= 11 is 0. The number of halogens is 1. The molecule has 3 aliphatic rings. The maximum Gasteiger partial charge on any atom is 0.135 e. The molecular weight excluding hydrogens is 472 g/mol. The number of piperidine rings is 3. The molecule has 0 aliphatic carbocycles. The first kappa shape index (κ1) is 23.9. The third kappa shape index (κ3) is 4.57. The Morgan fingerprint density at radius 2 is 1.85 bits per heavy atom. The highest BCUT2D eigenvalue weighted by atomic mass is 79.9. The van der Waals surface area contributed by atoms with Crippen molar-refractivity contribution in [2.75, 3.05) is 19.7 Å². The summed E-state index contributed by atoms with van der Waals surface area (Å²) in [5.41, 5.74) is 3.70. The van der Waals surface area contributed by atoms with Gasteiger partial charge in [-0.15, -0.1) is 13.2 Å². The number of fused-ring (bicyclic) bond motifs is 4. The maximum absolute atomic E-state index is 6.62. The molecule has 4 heterocycles. The predicted octanol–water partition coefficient (Wildman–Crippen LogP) is 3.09. The summed E-state index contributed by atoms with van der Waals surface area (Å²) in [5, 5.41) is 1.20. The van der Waals surface area contributed by atoms with Crippen molar-refractivity contribution in [2.24, 2.45) is 11.8 Å². The minimum absolute atomic E-state index is 0. The van der Waals surface area contributed by atoms with Crippen LogP contribution in [0.4, 0.5) is 0 Å². The van der Waals surface area contributed by atoms with Crippen molar-refractivity contribution in [1.29, 1.82) is 0 Å². The van der Waals surface area contributed by atoms with Crippen LogP contribution in [0.1, 0.15) is 30.1 Å². The van der Waals surface area contributed by atoms with E-state index in [-0.39, 0.29) is 23.1 Å². The second-order valence-corrected chi connectivity index (χ2v) is 9.48. The van der Waals surface area contributed by atoms with Gasteiger partial charge in [-0.05, 0) is 23.6 Å². The minimum atomic E-state index is 0. The molecule has 33 heavy (non-hydrogen) atoms. The van der Waals surface area contributed by atoms with Crippen LogP contribution in [0, 0.1) is 11.8 Å². The molecule has 4 heteroatoms. The van der Waals surface area contributed by atoms with Gasteiger partial charge < -0.3 is 26.2 Å². The third-order valence-electron chi connectivity index (χ3n) is 7.75. The van der Waals surface area contributed by atoms with Crippen LogP contribution in [-0.2, 0) is 11.3 Å². The van der Waals surface area contributed by atoms with Crippen LogP contribution >= 0.6 is 0 Å². The Morgan fingerprint density at radius 1 is 1.06 bits per heavy atom. The largest absolute Gasteiger partial charge is 1.00 e. The second kappa shape index (κ2) is 10.3. The normalized spacial score (nSPS) is 27.0. The van der Waals surface area contributed by atoms with Gasteiger partial charge in [0, 0.05) is 35.9 Å². The van der Waals surface area contributed by atoms with Crippen LogP contribution in [0.5, 0.6) is 0 Å². The van der Waals surface area contributed by atoms with Crippen LogP contribution in [0.15, 0.2) is 92.2 Å². The smallest absolute Gasteiger partial charge is 0.135 e. The van der Waals surface area contributed by atoms with Gasteiger partial charge in [0.15, 0.2) is 0 Å². The van der Waals surface area contributed by atoms with E-state index in [1.807, 2.05) is 12.3 Å². The number of rotatable bonds is 8. The lowest BCUT2D eigenvalue weighted by molar-refractivity contribution is -0.985. The van der Waals surface area contributed by atoms with E-state index in [1.54, 1.807) is 0 Å². The Hall–Kier alpha value is -2.27. The van der Waals surface area contributed by atoms with Crippen molar-refractivity contribution < 1.29 is 26.2 Å². The van der Waals surface area contributed by atoms with E-state index in [9.17, 15) is 0 Å². The first-order valence-corrected chi connectivity index (χ1v) is 11.8. The molecule has 0 amide bonds. The number of hydrogen-bond acceptors (Lipinski definition) is 2. The Kier molecular flexibility index (Phi) is 7.48. The van der Waals surface area contributed by atoms with Crippen LogP contribution in [0.25, 0.3) is 10.9 Å². The predicted molar refractivity (Wildman–Crippen MR) is 131 cm³/mol. The standard InChI is InChI=1S/C29H33N2O.BrH/c1-3-18-32-29(26-14-16-30-27-13-9-8-12-25(26)27)28-19-24-15-17-31(28,21-23(24)4-2)20-22-10-6-5-7-11-22;/h3-14,16,23-24,28-29H,1-2,15,17-21H2;1H/q+1;/p-1/t23-,24-,28-,29+,31?;/m0./s1. The van der Waals surface area contributed by atoms with E-state index < -0.39 is 0 Å². The molecule has 2 aromatic carbocycles. The van der Waals surface area contributed by atoms with E-state index in [0.29, 0.717) is 24.5 Å². The van der Waals surface area contributed by atoms with Crippen LogP contribution in [0.2, 0.25) is 0 Å². The fourth-order valence-electron chi connectivity index (χ4n) is 6.26. The molecular formula is C29H33BrN2O. The van der Waals surface area contributed by atoms with Gasteiger partial charge in [0.25, 0.3) is 0 Å². The van der Waals surface area contributed by atoms with Crippen LogP contribution < -0.4 is 17.0 Å². The summed E-state index contributed by atoms with van der Waals surface area (Å²) in [7, 11) is 0. The summed E-state index contributed by atoms with van der Waals surface area (Å²) in [6.45, 7) is 12.1. The number of pyridine rings is 1. The third-order valence-corrected chi connectivity index (χ3v) is 7.75. The van der Waals surface area contributed by atoms with Gasteiger partial charge in [-0.1, -0.05) is 60.7 Å². The molecule has 1 aromatic heterocycles. The zero-order chi connectivity index (χ0) is 22.0. The molecule has 172 valence electrons. The Labute approximate surface area is 208 Å². The Balaban J connectivity index is 0.00000259. The van der Waals surface area contributed by atoms with Gasteiger partial charge in [0.05, 0.1) is 25.2 Å². The molecule has 3 aromatic rings. The first-order valence-electron chi connectivity index (χ1n) is 11.8. The fraction of sp³-hybridized carbons (Fsp3) is 0.345. The number of nitrogens with zero attached hydrogens (tertiary/aromatic N) is 2. The molecule has 3 fully saturated rings. The highest BCUT2D eigenvalue weighted by molar-refractivity contribution is 5.82. The van der Waals surface area contributed by atoms with E-state index >= 15 is 0 Å². The average molecular weight is 506 g/mol. The highest BCUT2D eigenvalue weighted by Crippen LogP contribution is 2.49. The zero-order valence-electron chi connectivity index (χ0n) is 19.2. The Bertz CT molecular complexity index is 1100. The van der Waals surface area contributed by atoms with Crippen molar-refractivity contribution in [1.82, 2.24) is 4.98 Å². The number of hydrogen-bond donors (Lipinski definition) is 0. The summed E-state index contributed by atoms with van der Waals surface area (Å²) in [6.07, 6.45) is 8.47. The quantitative estimate of drug-likeness (QED) is 0.347. The van der Waals surface area contributed by atoms with Crippen molar-refractivity contribution in [3.05, 3.63) is 103 Å². The summed E-state index contributed by atoms with van der Waals surface area (Å²) in [4.78, 5) is 4.61. The van der Waals surface area contributed by atoms with E-state index in [2.05, 4.69) is 84.9 Å². The molecule has 3 saturated heterocycles. The van der Waals surface area contributed by atoms with Gasteiger partial charge in [-0.25, -0.2) is 0 Å². The van der Waals surface area contributed by atoms with E-state index in [0.717, 1.165) is 23.1 Å². The van der Waals surface area contributed by atoms with Crippen molar-refractivity contribution in [3.63, 3.8) is 0 Å². The van der Waals surface area contributed by atoms with Crippen molar-refractivity contribution in [3.8, 4) is 0 Å². The maximum atomic E-state index is 6.62. The van der Waals surface area contributed by atoms with Crippen molar-refractivity contribution >= 4 is 10.9 Å². The molecule has 1 unspecified atom stereocenters.